The number of hydrogen-bond acceptors (Lipinski definition) is 2. The molecule has 0 aromatic heterocycles. The van der Waals surface area contributed by atoms with Crippen molar-refractivity contribution in [3.63, 3.8) is 0 Å². The quantitative estimate of drug-likeness (QED) is 0.677. The van der Waals surface area contributed by atoms with Gasteiger partial charge in [0.2, 0.25) is 5.91 Å². The number of nitrogens with zero attached hydrogens (tertiary/aromatic N) is 1. The molecule has 28 heavy (non-hydrogen) atoms. The number of nitrogens with two attached hydrogens (primary N) is 1. The Hall–Kier alpha value is -2.98. The van der Waals surface area contributed by atoms with Crippen LogP contribution in [0.4, 0.5) is 10.1 Å². The molecule has 0 spiro atoms. The fourth-order valence-corrected chi connectivity index (χ4v) is 3.12. The monoisotopic (exact) mass is 376 g/mol. The van der Waals surface area contributed by atoms with E-state index < -0.39 is 6.04 Å². The van der Waals surface area contributed by atoms with E-state index in [1.807, 2.05) is 62.4 Å². The van der Waals surface area contributed by atoms with Gasteiger partial charge in [0.05, 0.1) is 0 Å². The van der Waals surface area contributed by atoms with Crippen molar-refractivity contribution in [3.8, 4) is 0 Å². The van der Waals surface area contributed by atoms with Crippen LogP contribution >= 0.6 is 0 Å². The minimum absolute atomic E-state index is 0.156. The number of benzene rings is 3. The van der Waals surface area contributed by atoms with Crippen LogP contribution in [0.25, 0.3) is 0 Å². The first-order chi connectivity index (χ1) is 13.5. The largest absolute Gasteiger partial charge is 0.316 e. The summed E-state index contributed by atoms with van der Waals surface area (Å²) in [6.45, 7) is 4.53. The summed E-state index contributed by atoms with van der Waals surface area (Å²) in [6.07, 6.45) is 0.612. The number of rotatable bonds is 6. The van der Waals surface area contributed by atoms with Crippen LogP contribution in [0.15, 0.2) is 72.8 Å². The highest BCUT2D eigenvalue weighted by atomic mass is 19.1. The maximum Gasteiger partial charge on any atom is 0.248 e. The van der Waals surface area contributed by atoms with E-state index in [-0.39, 0.29) is 11.7 Å². The molecule has 0 aliphatic heterocycles. The molecule has 0 saturated heterocycles. The summed E-state index contributed by atoms with van der Waals surface area (Å²) in [6, 6.07) is 21.0. The topological polar surface area (TPSA) is 46.3 Å². The van der Waals surface area contributed by atoms with Crippen molar-refractivity contribution in [1.82, 2.24) is 0 Å². The average Bonchev–Trinajstić information content (AvgIpc) is 2.72. The SMILES string of the molecule is Cc1ccc(N(CCc2ccc(F)cc2)C(=O)C(N)c2ccccc2)cc1C. The molecule has 0 heterocycles. The zero-order valence-electron chi connectivity index (χ0n) is 16.2. The van der Waals surface area contributed by atoms with E-state index in [1.165, 1.54) is 17.7 Å². The zero-order valence-corrected chi connectivity index (χ0v) is 16.2. The van der Waals surface area contributed by atoms with Gasteiger partial charge < -0.3 is 10.6 Å². The zero-order chi connectivity index (χ0) is 20.1. The molecule has 4 heteroatoms. The lowest BCUT2D eigenvalue weighted by Crippen LogP contribution is -2.40. The third-order valence-corrected chi connectivity index (χ3v) is 5.03. The van der Waals surface area contributed by atoms with Crippen molar-refractivity contribution in [2.24, 2.45) is 5.73 Å². The number of carbonyl (C=O) groups excluding carboxylic acids is 1. The van der Waals surface area contributed by atoms with Gasteiger partial charge in [0.1, 0.15) is 11.9 Å². The summed E-state index contributed by atoms with van der Waals surface area (Å²) in [5, 5.41) is 0. The predicted octanol–water partition coefficient (Wildman–Crippen LogP) is 4.72. The highest BCUT2D eigenvalue weighted by Gasteiger charge is 2.24. The Morgan fingerprint density at radius 2 is 1.64 bits per heavy atom. The van der Waals surface area contributed by atoms with Crippen LogP contribution in [-0.2, 0) is 11.2 Å². The van der Waals surface area contributed by atoms with Crippen LogP contribution in [0.3, 0.4) is 0 Å². The maximum absolute atomic E-state index is 13.3. The summed E-state index contributed by atoms with van der Waals surface area (Å²) >= 11 is 0. The van der Waals surface area contributed by atoms with E-state index in [2.05, 4.69) is 0 Å². The van der Waals surface area contributed by atoms with Gasteiger partial charge in [-0.1, -0.05) is 48.5 Å². The van der Waals surface area contributed by atoms with Crippen LogP contribution in [-0.4, -0.2) is 12.5 Å². The Morgan fingerprint density at radius 3 is 2.29 bits per heavy atom. The highest BCUT2D eigenvalue weighted by Crippen LogP contribution is 2.23. The van der Waals surface area contributed by atoms with Gasteiger partial charge in [-0.15, -0.1) is 0 Å². The molecule has 0 aliphatic carbocycles. The van der Waals surface area contributed by atoms with Crippen LogP contribution < -0.4 is 10.6 Å². The van der Waals surface area contributed by atoms with Gasteiger partial charge in [0, 0.05) is 12.2 Å². The maximum atomic E-state index is 13.3. The van der Waals surface area contributed by atoms with Crippen molar-refractivity contribution in [1.29, 1.82) is 0 Å². The molecule has 1 atom stereocenters. The number of hydrogen-bond donors (Lipinski definition) is 1. The van der Waals surface area contributed by atoms with Gasteiger partial charge >= 0.3 is 0 Å². The molecule has 1 unspecified atom stereocenters. The van der Waals surface area contributed by atoms with E-state index in [0.717, 1.165) is 22.4 Å². The van der Waals surface area contributed by atoms with E-state index in [1.54, 1.807) is 17.0 Å². The molecule has 3 aromatic carbocycles. The average molecular weight is 376 g/mol. The molecule has 144 valence electrons. The Labute approximate surface area is 165 Å². The fourth-order valence-electron chi connectivity index (χ4n) is 3.12. The number of aryl methyl sites for hydroxylation is 2. The molecule has 2 N–H and O–H groups in total. The molecule has 1 amide bonds. The van der Waals surface area contributed by atoms with Gasteiger partial charge in [-0.3, -0.25) is 4.79 Å². The first-order valence-corrected chi connectivity index (χ1v) is 9.39. The van der Waals surface area contributed by atoms with Gasteiger partial charge in [-0.05, 0) is 66.8 Å². The molecule has 3 aromatic rings. The first-order valence-electron chi connectivity index (χ1n) is 9.39. The molecule has 0 saturated carbocycles. The molecule has 3 nitrogen and oxygen atoms in total. The van der Waals surface area contributed by atoms with Gasteiger partial charge in [0.15, 0.2) is 0 Å². The second-order valence-corrected chi connectivity index (χ2v) is 7.02. The number of halogens is 1. The first kappa shape index (κ1) is 19.8. The lowest BCUT2D eigenvalue weighted by atomic mass is 10.0. The second-order valence-electron chi connectivity index (χ2n) is 7.02. The van der Waals surface area contributed by atoms with Gasteiger partial charge in [-0.25, -0.2) is 4.39 Å². The minimum atomic E-state index is -0.740. The summed E-state index contributed by atoms with van der Waals surface area (Å²) < 4.78 is 13.2. The van der Waals surface area contributed by atoms with Crippen molar-refractivity contribution in [2.45, 2.75) is 26.3 Å². The third kappa shape index (κ3) is 4.65. The number of anilines is 1. The second kappa shape index (κ2) is 8.81. The van der Waals surface area contributed by atoms with Crippen molar-refractivity contribution in [3.05, 3.63) is 101 Å². The van der Waals surface area contributed by atoms with E-state index in [0.29, 0.717) is 13.0 Å². The number of carbonyl (C=O) groups is 1. The molecule has 0 aliphatic rings. The lowest BCUT2D eigenvalue weighted by molar-refractivity contribution is -0.120. The van der Waals surface area contributed by atoms with Gasteiger partial charge in [0.25, 0.3) is 0 Å². The summed E-state index contributed by atoms with van der Waals surface area (Å²) in [7, 11) is 0. The minimum Gasteiger partial charge on any atom is -0.316 e. The molecular weight excluding hydrogens is 351 g/mol. The Bertz CT molecular complexity index is 939. The predicted molar refractivity (Wildman–Crippen MR) is 112 cm³/mol. The summed E-state index contributed by atoms with van der Waals surface area (Å²) in [5.74, 6) is -0.423. The Morgan fingerprint density at radius 1 is 0.964 bits per heavy atom. The standard InChI is InChI=1S/C24H25FN2O/c1-17-8-13-22(16-18(17)2)27(15-14-19-9-11-21(25)12-10-19)24(28)23(26)20-6-4-3-5-7-20/h3-13,16,23H,14-15,26H2,1-2H3. The molecule has 3 rings (SSSR count). The Balaban J connectivity index is 1.87. The van der Waals surface area contributed by atoms with Crippen LogP contribution in [0.2, 0.25) is 0 Å². The summed E-state index contributed by atoms with van der Waals surface area (Å²) in [4.78, 5) is 15.0. The van der Waals surface area contributed by atoms with Gasteiger partial charge in [-0.2, -0.15) is 0 Å². The summed E-state index contributed by atoms with van der Waals surface area (Å²) in [5.41, 5.74) is 11.1. The van der Waals surface area contributed by atoms with Crippen molar-refractivity contribution >= 4 is 11.6 Å². The molecule has 0 bridgehead atoms. The Kier molecular flexibility index (Phi) is 6.22. The van der Waals surface area contributed by atoms with Crippen LogP contribution in [0, 0.1) is 19.7 Å². The fraction of sp³-hybridized carbons (Fsp3) is 0.208. The number of amides is 1. The highest BCUT2D eigenvalue weighted by molar-refractivity contribution is 5.97. The van der Waals surface area contributed by atoms with E-state index in [9.17, 15) is 9.18 Å². The van der Waals surface area contributed by atoms with Crippen molar-refractivity contribution in [2.75, 3.05) is 11.4 Å². The molecular formula is C24H25FN2O. The van der Waals surface area contributed by atoms with E-state index >= 15 is 0 Å². The van der Waals surface area contributed by atoms with Crippen LogP contribution in [0.1, 0.15) is 28.3 Å². The third-order valence-electron chi connectivity index (χ3n) is 5.03. The lowest BCUT2D eigenvalue weighted by Gasteiger charge is -2.27. The molecule has 0 fully saturated rings. The molecule has 0 radical (unpaired) electrons. The van der Waals surface area contributed by atoms with Crippen LogP contribution in [0.5, 0.6) is 0 Å². The normalized spacial score (nSPS) is 11.9. The van der Waals surface area contributed by atoms with E-state index in [4.69, 9.17) is 5.73 Å². The van der Waals surface area contributed by atoms with Crippen molar-refractivity contribution < 1.29 is 9.18 Å². The smallest absolute Gasteiger partial charge is 0.248 e.